The summed E-state index contributed by atoms with van der Waals surface area (Å²) >= 11 is 0. The Hall–Kier alpha value is -1.60. The third-order valence-electron chi connectivity index (χ3n) is 3.20. The second-order valence-corrected chi connectivity index (χ2v) is 4.15. The number of rotatable bonds is 4. The molecule has 1 aliphatic rings. The number of nitrogens with zero attached hydrogens (tertiary/aromatic N) is 3. The lowest BCUT2D eigenvalue weighted by Crippen LogP contribution is -2.37. The highest BCUT2D eigenvalue weighted by Gasteiger charge is 2.23. The van der Waals surface area contributed by atoms with E-state index in [4.69, 9.17) is 15.3 Å². The Morgan fingerprint density at radius 1 is 1.33 bits per heavy atom. The summed E-state index contributed by atoms with van der Waals surface area (Å²) in [7, 11) is 3.34. The van der Waals surface area contributed by atoms with Gasteiger partial charge in [-0.15, -0.1) is 0 Å². The molecule has 1 fully saturated rings. The third-order valence-corrected chi connectivity index (χ3v) is 3.20. The van der Waals surface area contributed by atoms with Gasteiger partial charge in [0.25, 0.3) is 0 Å². The van der Waals surface area contributed by atoms with Gasteiger partial charge in [-0.2, -0.15) is 0 Å². The van der Waals surface area contributed by atoms with E-state index in [0.717, 1.165) is 31.7 Å². The average molecular weight is 253 g/mol. The minimum absolute atomic E-state index is 0.334. The van der Waals surface area contributed by atoms with Crippen LogP contribution in [0.15, 0.2) is 6.33 Å². The molecule has 1 aliphatic heterocycles. The van der Waals surface area contributed by atoms with Crippen LogP contribution in [0, 0.1) is 0 Å². The number of anilines is 2. The Kier molecular flexibility index (Phi) is 4.16. The Labute approximate surface area is 106 Å². The van der Waals surface area contributed by atoms with Crippen molar-refractivity contribution in [1.82, 2.24) is 9.97 Å². The highest BCUT2D eigenvalue weighted by molar-refractivity contribution is 5.64. The maximum Gasteiger partial charge on any atom is 0.205 e. The van der Waals surface area contributed by atoms with E-state index in [9.17, 15) is 0 Å². The van der Waals surface area contributed by atoms with Gasteiger partial charge in [0.15, 0.2) is 11.6 Å². The van der Waals surface area contributed by atoms with E-state index in [2.05, 4.69) is 20.3 Å². The molecule has 1 saturated heterocycles. The number of nitrogens with two attached hydrogens (primary N) is 1. The predicted molar refractivity (Wildman–Crippen MR) is 68.6 cm³/mol. The van der Waals surface area contributed by atoms with Gasteiger partial charge >= 0.3 is 0 Å². The number of methoxy groups -OCH3 is 2. The molecule has 0 bridgehead atoms. The summed E-state index contributed by atoms with van der Waals surface area (Å²) in [5, 5.41) is 0. The smallest absolute Gasteiger partial charge is 0.205 e. The zero-order valence-corrected chi connectivity index (χ0v) is 10.7. The number of nitrogens with one attached hydrogen (secondary N) is 1. The van der Waals surface area contributed by atoms with Crippen LogP contribution in [-0.4, -0.2) is 43.4 Å². The highest BCUT2D eigenvalue weighted by Crippen LogP contribution is 2.32. The van der Waals surface area contributed by atoms with Crippen molar-refractivity contribution in [2.24, 2.45) is 5.84 Å². The third kappa shape index (κ3) is 2.46. The monoisotopic (exact) mass is 253 g/mol. The minimum Gasteiger partial charge on any atom is -0.490 e. The first-order chi connectivity index (χ1) is 8.80. The molecule has 7 heteroatoms. The normalized spacial score (nSPS) is 16.7. The van der Waals surface area contributed by atoms with E-state index in [0.29, 0.717) is 17.7 Å². The molecule has 3 N–H and O–H groups in total. The van der Waals surface area contributed by atoms with Crippen molar-refractivity contribution in [2.45, 2.75) is 18.9 Å². The zero-order chi connectivity index (χ0) is 13.0. The molecule has 2 rings (SSSR count). The van der Waals surface area contributed by atoms with Crippen LogP contribution in [-0.2, 0) is 4.74 Å². The quantitative estimate of drug-likeness (QED) is 0.593. The Morgan fingerprint density at radius 3 is 2.61 bits per heavy atom. The van der Waals surface area contributed by atoms with Gasteiger partial charge in [-0.3, -0.25) is 0 Å². The van der Waals surface area contributed by atoms with E-state index in [1.54, 1.807) is 14.2 Å². The molecule has 18 heavy (non-hydrogen) atoms. The summed E-state index contributed by atoms with van der Waals surface area (Å²) in [5.74, 6) is 7.26. The molecule has 0 aromatic carbocycles. The topological polar surface area (TPSA) is 85.5 Å². The second kappa shape index (κ2) is 5.83. The number of piperidine rings is 1. The van der Waals surface area contributed by atoms with Crippen LogP contribution in [0.2, 0.25) is 0 Å². The molecule has 0 atom stereocenters. The maximum atomic E-state index is 5.41. The number of aromatic nitrogens is 2. The Balaban J connectivity index is 2.18. The standard InChI is InChI=1S/C11H19N5O2/c1-17-8-3-5-16(6-4-8)11-9(18-2)10(15-12)13-7-14-11/h7-8H,3-6,12H2,1-2H3,(H,13,14,15). The molecule has 1 aromatic heterocycles. The fourth-order valence-electron chi connectivity index (χ4n) is 2.18. The van der Waals surface area contributed by atoms with Gasteiger partial charge < -0.3 is 19.8 Å². The molecular formula is C11H19N5O2. The van der Waals surface area contributed by atoms with Crippen molar-refractivity contribution in [3.63, 3.8) is 0 Å². The molecule has 0 aliphatic carbocycles. The van der Waals surface area contributed by atoms with Gasteiger partial charge in [-0.25, -0.2) is 15.8 Å². The maximum absolute atomic E-state index is 5.41. The van der Waals surface area contributed by atoms with Gasteiger partial charge in [0.05, 0.1) is 13.2 Å². The van der Waals surface area contributed by atoms with Crippen LogP contribution in [0.25, 0.3) is 0 Å². The Bertz CT molecular complexity index is 393. The number of ether oxygens (including phenoxy) is 2. The van der Waals surface area contributed by atoms with Crippen LogP contribution >= 0.6 is 0 Å². The molecule has 100 valence electrons. The van der Waals surface area contributed by atoms with Gasteiger partial charge in [-0.05, 0) is 12.8 Å². The molecule has 2 heterocycles. The fraction of sp³-hybridized carbons (Fsp3) is 0.636. The van der Waals surface area contributed by atoms with Crippen LogP contribution in [0.3, 0.4) is 0 Å². The zero-order valence-electron chi connectivity index (χ0n) is 10.7. The van der Waals surface area contributed by atoms with Crippen molar-refractivity contribution < 1.29 is 9.47 Å². The molecule has 0 amide bonds. The van der Waals surface area contributed by atoms with Crippen molar-refractivity contribution >= 4 is 11.6 Å². The molecular weight excluding hydrogens is 234 g/mol. The van der Waals surface area contributed by atoms with Gasteiger partial charge in [0.1, 0.15) is 6.33 Å². The molecule has 0 radical (unpaired) electrons. The number of hydrogen-bond acceptors (Lipinski definition) is 7. The molecule has 0 saturated carbocycles. The van der Waals surface area contributed by atoms with E-state index >= 15 is 0 Å². The minimum atomic E-state index is 0.334. The number of hydrogen-bond donors (Lipinski definition) is 2. The average Bonchev–Trinajstić information content (AvgIpc) is 2.46. The van der Waals surface area contributed by atoms with Crippen LogP contribution in [0.1, 0.15) is 12.8 Å². The first-order valence-electron chi connectivity index (χ1n) is 5.93. The lowest BCUT2D eigenvalue weighted by Gasteiger charge is -2.32. The second-order valence-electron chi connectivity index (χ2n) is 4.15. The summed E-state index contributed by atoms with van der Waals surface area (Å²) in [6.07, 6.45) is 3.78. The van der Waals surface area contributed by atoms with Gasteiger partial charge in [0.2, 0.25) is 5.75 Å². The van der Waals surface area contributed by atoms with Crippen LogP contribution in [0.5, 0.6) is 5.75 Å². The predicted octanol–water partition coefficient (Wildman–Crippen LogP) is 0.386. The summed E-state index contributed by atoms with van der Waals surface area (Å²) in [6.45, 7) is 1.77. The van der Waals surface area contributed by atoms with Crippen LogP contribution < -0.4 is 20.9 Å². The van der Waals surface area contributed by atoms with Crippen molar-refractivity contribution in [3.05, 3.63) is 6.33 Å². The van der Waals surface area contributed by atoms with E-state index in [1.165, 1.54) is 6.33 Å². The van der Waals surface area contributed by atoms with Crippen molar-refractivity contribution in [1.29, 1.82) is 0 Å². The fourth-order valence-corrected chi connectivity index (χ4v) is 2.18. The van der Waals surface area contributed by atoms with Crippen molar-refractivity contribution in [2.75, 3.05) is 37.6 Å². The van der Waals surface area contributed by atoms with Crippen molar-refractivity contribution in [3.8, 4) is 5.75 Å². The van der Waals surface area contributed by atoms with Crippen LogP contribution in [0.4, 0.5) is 11.6 Å². The summed E-state index contributed by atoms with van der Waals surface area (Å²) in [5.41, 5.74) is 2.52. The largest absolute Gasteiger partial charge is 0.490 e. The lowest BCUT2D eigenvalue weighted by atomic mass is 10.1. The number of hydrazine groups is 1. The summed E-state index contributed by atoms with van der Waals surface area (Å²) in [4.78, 5) is 10.5. The lowest BCUT2D eigenvalue weighted by molar-refractivity contribution is 0.0817. The van der Waals surface area contributed by atoms with E-state index in [1.807, 2.05) is 0 Å². The first-order valence-corrected chi connectivity index (χ1v) is 5.93. The van der Waals surface area contributed by atoms with E-state index < -0.39 is 0 Å². The molecule has 7 nitrogen and oxygen atoms in total. The summed E-state index contributed by atoms with van der Waals surface area (Å²) < 4.78 is 10.7. The highest BCUT2D eigenvalue weighted by atomic mass is 16.5. The molecule has 0 spiro atoms. The van der Waals surface area contributed by atoms with Gasteiger partial charge in [-0.1, -0.05) is 0 Å². The van der Waals surface area contributed by atoms with E-state index in [-0.39, 0.29) is 0 Å². The first kappa shape index (κ1) is 12.8. The SMILES string of the molecule is COc1c(NN)ncnc1N1CCC(OC)CC1. The molecule has 0 unspecified atom stereocenters. The Morgan fingerprint density at radius 2 is 2.06 bits per heavy atom. The molecule has 1 aromatic rings. The van der Waals surface area contributed by atoms with Gasteiger partial charge in [0, 0.05) is 20.2 Å². The number of nitrogen functional groups attached to an aromatic ring is 1. The summed E-state index contributed by atoms with van der Waals surface area (Å²) in [6, 6.07) is 0.